The summed E-state index contributed by atoms with van der Waals surface area (Å²) in [6, 6.07) is 0.212. The molecule has 0 aromatic carbocycles. The third kappa shape index (κ3) is 4.90. The van der Waals surface area contributed by atoms with Crippen LogP contribution in [-0.2, 0) is 9.53 Å². The number of aromatic nitrogens is 3. The average molecular weight is 515 g/mol. The lowest BCUT2D eigenvalue weighted by molar-refractivity contribution is -0.128. The summed E-state index contributed by atoms with van der Waals surface area (Å²) in [5.74, 6) is 0.196. The van der Waals surface area contributed by atoms with Gasteiger partial charge in [0.15, 0.2) is 0 Å². The first-order valence-electron chi connectivity index (χ1n) is 12.8. The number of pyridine rings is 1. The highest BCUT2D eigenvalue weighted by molar-refractivity contribution is 6.33. The Hall–Kier alpha value is -2.81. The molecule has 10 heteroatoms. The van der Waals surface area contributed by atoms with Crippen LogP contribution in [0.25, 0.3) is 11.1 Å². The first-order valence-corrected chi connectivity index (χ1v) is 13.2. The van der Waals surface area contributed by atoms with Crippen LogP contribution in [0.1, 0.15) is 58.9 Å². The zero-order valence-corrected chi connectivity index (χ0v) is 22.1. The molecule has 3 saturated heterocycles. The van der Waals surface area contributed by atoms with Crippen LogP contribution in [0.5, 0.6) is 0 Å². The largest absolute Gasteiger partial charge is 0.444 e. The summed E-state index contributed by atoms with van der Waals surface area (Å²) in [6.45, 7) is 9.27. The number of amides is 2. The molecule has 36 heavy (non-hydrogen) atoms. The van der Waals surface area contributed by atoms with E-state index in [0.717, 1.165) is 68.6 Å². The summed E-state index contributed by atoms with van der Waals surface area (Å²) in [5, 5.41) is 8.28. The molecule has 5 rings (SSSR count). The van der Waals surface area contributed by atoms with E-state index in [-0.39, 0.29) is 23.5 Å². The first-order chi connectivity index (χ1) is 17.2. The fourth-order valence-corrected chi connectivity index (χ4v) is 5.91. The van der Waals surface area contributed by atoms with Gasteiger partial charge in [0, 0.05) is 62.4 Å². The van der Waals surface area contributed by atoms with Crippen LogP contribution in [-0.4, -0.2) is 70.0 Å². The fourth-order valence-electron chi connectivity index (χ4n) is 5.63. The van der Waals surface area contributed by atoms with Crippen LogP contribution in [0, 0.1) is 5.41 Å². The monoisotopic (exact) mass is 514 g/mol. The number of hydrogen-bond acceptors (Lipinski definition) is 6. The molecule has 194 valence electrons. The predicted molar refractivity (Wildman–Crippen MR) is 138 cm³/mol. The van der Waals surface area contributed by atoms with Gasteiger partial charge in [-0.3, -0.25) is 14.5 Å². The number of anilines is 1. The maximum atomic E-state index is 12.4. The van der Waals surface area contributed by atoms with Gasteiger partial charge in [0.05, 0.1) is 28.4 Å². The Morgan fingerprint density at radius 3 is 2.47 bits per heavy atom. The maximum Gasteiger partial charge on any atom is 0.410 e. The highest BCUT2D eigenvalue weighted by Crippen LogP contribution is 2.43. The summed E-state index contributed by atoms with van der Waals surface area (Å²) >= 11 is 6.68. The molecule has 5 heterocycles. The third-order valence-corrected chi connectivity index (χ3v) is 7.96. The Morgan fingerprint density at radius 2 is 1.83 bits per heavy atom. The summed E-state index contributed by atoms with van der Waals surface area (Å²) in [4.78, 5) is 33.2. The molecule has 3 fully saturated rings. The first kappa shape index (κ1) is 24.9. The molecule has 2 aromatic rings. The number of likely N-dealkylation sites (tertiary alicyclic amines) is 1. The second-order valence-corrected chi connectivity index (χ2v) is 11.6. The number of nitrogens with zero attached hydrogens (tertiary/aromatic N) is 5. The van der Waals surface area contributed by atoms with Crippen molar-refractivity contribution in [2.24, 2.45) is 5.41 Å². The second-order valence-electron chi connectivity index (χ2n) is 11.2. The quantitative estimate of drug-likeness (QED) is 0.657. The van der Waals surface area contributed by atoms with Gasteiger partial charge < -0.3 is 19.9 Å². The second kappa shape index (κ2) is 9.57. The number of carbonyl (C=O) groups excluding carboxylic acids is 2. The third-order valence-electron chi connectivity index (χ3n) is 7.68. The Morgan fingerprint density at radius 1 is 1.11 bits per heavy atom. The molecule has 1 spiro atoms. The highest BCUT2D eigenvalue weighted by Gasteiger charge is 2.44. The van der Waals surface area contributed by atoms with Crippen molar-refractivity contribution >= 4 is 29.3 Å². The minimum Gasteiger partial charge on any atom is -0.444 e. The average Bonchev–Trinajstić information content (AvgIpc) is 3.46. The van der Waals surface area contributed by atoms with Crippen molar-refractivity contribution in [2.75, 3.05) is 37.6 Å². The van der Waals surface area contributed by atoms with Gasteiger partial charge in [-0.15, -0.1) is 0 Å². The zero-order valence-electron chi connectivity index (χ0n) is 21.3. The van der Waals surface area contributed by atoms with Crippen molar-refractivity contribution < 1.29 is 14.3 Å². The Kier molecular flexibility index (Phi) is 6.61. The Balaban J connectivity index is 1.28. The van der Waals surface area contributed by atoms with Crippen molar-refractivity contribution in [3.05, 3.63) is 29.8 Å². The van der Waals surface area contributed by atoms with E-state index in [1.165, 1.54) is 0 Å². The minimum atomic E-state index is -0.494. The van der Waals surface area contributed by atoms with E-state index in [1.807, 2.05) is 37.8 Å². The fraction of sp³-hybridized carbons (Fsp3) is 0.615. The number of ether oxygens (including phenoxy) is 1. The molecule has 0 saturated carbocycles. The molecule has 9 nitrogen and oxygen atoms in total. The number of halogens is 1. The molecule has 3 aliphatic heterocycles. The van der Waals surface area contributed by atoms with Gasteiger partial charge in [-0.25, -0.2) is 4.79 Å². The van der Waals surface area contributed by atoms with E-state index in [0.29, 0.717) is 18.1 Å². The van der Waals surface area contributed by atoms with Crippen LogP contribution in [0.4, 0.5) is 10.5 Å². The minimum absolute atomic E-state index is 0.196. The SMILES string of the molecule is CC(C)(C)OC(=O)N1CCC(n2cc(-c3cncc(Cl)c3N3CCC4(CCNC4=O)CC3)cn2)CC1. The highest BCUT2D eigenvalue weighted by atomic mass is 35.5. The summed E-state index contributed by atoms with van der Waals surface area (Å²) in [6.07, 6.45) is 11.4. The molecular weight excluding hydrogens is 480 g/mol. The Labute approximate surface area is 217 Å². The zero-order chi connectivity index (χ0) is 25.5. The molecule has 3 aliphatic rings. The van der Waals surface area contributed by atoms with E-state index in [2.05, 4.69) is 26.5 Å². The number of rotatable bonds is 3. The maximum absolute atomic E-state index is 12.4. The van der Waals surface area contributed by atoms with Gasteiger partial charge in [0.2, 0.25) is 5.91 Å². The molecule has 0 unspecified atom stereocenters. The molecular formula is C26H35ClN6O3. The van der Waals surface area contributed by atoms with Crippen LogP contribution in [0.3, 0.4) is 0 Å². The number of nitrogens with one attached hydrogen (secondary N) is 1. The van der Waals surface area contributed by atoms with Crippen LogP contribution in [0.2, 0.25) is 5.02 Å². The van der Waals surface area contributed by atoms with Crippen molar-refractivity contribution in [3.8, 4) is 11.1 Å². The number of piperidine rings is 2. The van der Waals surface area contributed by atoms with E-state index in [4.69, 9.17) is 16.3 Å². The normalized spacial score (nSPS) is 20.6. The van der Waals surface area contributed by atoms with Crippen LogP contribution in [0.15, 0.2) is 24.8 Å². The molecule has 2 amide bonds. The summed E-state index contributed by atoms with van der Waals surface area (Å²) in [5.41, 5.74) is 2.15. The van der Waals surface area contributed by atoms with Crippen molar-refractivity contribution in [2.45, 2.75) is 64.5 Å². The molecule has 0 atom stereocenters. The van der Waals surface area contributed by atoms with Crippen molar-refractivity contribution in [1.82, 2.24) is 25.0 Å². The predicted octanol–water partition coefficient (Wildman–Crippen LogP) is 4.28. The molecule has 0 aliphatic carbocycles. The van der Waals surface area contributed by atoms with E-state index in [9.17, 15) is 9.59 Å². The molecule has 0 radical (unpaired) electrons. The van der Waals surface area contributed by atoms with E-state index < -0.39 is 5.60 Å². The number of hydrogen-bond donors (Lipinski definition) is 1. The van der Waals surface area contributed by atoms with Crippen molar-refractivity contribution in [3.63, 3.8) is 0 Å². The topological polar surface area (TPSA) is 92.6 Å². The van der Waals surface area contributed by atoms with Gasteiger partial charge in [-0.2, -0.15) is 5.10 Å². The van der Waals surface area contributed by atoms with Gasteiger partial charge in [-0.05, 0) is 52.9 Å². The molecule has 2 aromatic heterocycles. The Bertz CT molecular complexity index is 1130. The van der Waals surface area contributed by atoms with Gasteiger partial charge in [0.1, 0.15) is 5.60 Å². The van der Waals surface area contributed by atoms with Gasteiger partial charge in [-0.1, -0.05) is 11.6 Å². The van der Waals surface area contributed by atoms with Gasteiger partial charge >= 0.3 is 6.09 Å². The molecule has 1 N–H and O–H groups in total. The lowest BCUT2D eigenvalue weighted by Gasteiger charge is -2.39. The smallest absolute Gasteiger partial charge is 0.410 e. The lowest BCUT2D eigenvalue weighted by Crippen LogP contribution is -2.44. The van der Waals surface area contributed by atoms with E-state index in [1.54, 1.807) is 11.1 Å². The standard InChI is InChI=1S/C26H35ClN6O3/c1-25(2,3)36-24(35)32-10-4-19(5-11-32)33-17-18(14-30-33)20-15-28-16-21(27)22(20)31-12-7-26(8-13-31)6-9-29-23(26)34/h14-17,19H,4-13H2,1-3H3,(H,29,34). The number of carbonyl (C=O) groups is 2. The van der Waals surface area contributed by atoms with Crippen LogP contribution >= 0.6 is 11.6 Å². The lowest BCUT2D eigenvalue weighted by atomic mass is 9.77. The summed E-state index contributed by atoms with van der Waals surface area (Å²) < 4.78 is 7.52. The van der Waals surface area contributed by atoms with E-state index >= 15 is 0 Å². The summed E-state index contributed by atoms with van der Waals surface area (Å²) in [7, 11) is 0. The molecule has 0 bridgehead atoms. The van der Waals surface area contributed by atoms with Gasteiger partial charge in [0.25, 0.3) is 0 Å². The van der Waals surface area contributed by atoms with Crippen molar-refractivity contribution in [1.29, 1.82) is 0 Å². The van der Waals surface area contributed by atoms with Crippen LogP contribution < -0.4 is 10.2 Å².